The Morgan fingerprint density at radius 1 is 1.21 bits per heavy atom. The van der Waals surface area contributed by atoms with Gasteiger partial charge in [0.05, 0.1) is 26.4 Å². The number of hydrogen-bond acceptors (Lipinski definition) is 5. The first kappa shape index (κ1) is 17.5. The van der Waals surface area contributed by atoms with Gasteiger partial charge in [0.2, 0.25) is 0 Å². The summed E-state index contributed by atoms with van der Waals surface area (Å²) in [6.07, 6.45) is 2.57. The van der Waals surface area contributed by atoms with Crippen molar-refractivity contribution in [3.05, 3.63) is 23.3 Å². The molecular weight excluding hydrogens is 306 g/mol. The molecular formula is C19H29NO4. The molecule has 1 saturated heterocycles. The lowest BCUT2D eigenvalue weighted by atomic mass is 9.80. The van der Waals surface area contributed by atoms with Gasteiger partial charge in [-0.2, -0.15) is 0 Å². The van der Waals surface area contributed by atoms with Crippen molar-refractivity contribution in [2.45, 2.75) is 44.4 Å². The molecule has 1 fully saturated rings. The molecule has 0 radical (unpaired) electrons. The van der Waals surface area contributed by atoms with Crippen molar-refractivity contribution >= 4 is 0 Å². The van der Waals surface area contributed by atoms with E-state index in [0.29, 0.717) is 0 Å². The van der Waals surface area contributed by atoms with Crippen molar-refractivity contribution in [1.82, 2.24) is 4.90 Å². The summed E-state index contributed by atoms with van der Waals surface area (Å²) in [6, 6.07) is 4.45. The number of rotatable bonds is 5. The van der Waals surface area contributed by atoms with Gasteiger partial charge in [-0.05, 0) is 49.4 Å². The van der Waals surface area contributed by atoms with E-state index in [4.69, 9.17) is 14.2 Å². The summed E-state index contributed by atoms with van der Waals surface area (Å²) in [7, 11) is 5.08. The lowest BCUT2D eigenvalue weighted by Crippen LogP contribution is -2.48. The van der Waals surface area contributed by atoms with E-state index in [9.17, 15) is 5.11 Å². The molecule has 0 spiro atoms. The van der Waals surface area contributed by atoms with Gasteiger partial charge in [-0.1, -0.05) is 0 Å². The smallest absolute Gasteiger partial charge is 0.161 e. The van der Waals surface area contributed by atoms with Crippen LogP contribution in [-0.2, 0) is 11.2 Å². The number of benzene rings is 1. The highest BCUT2D eigenvalue weighted by Gasteiger charge is 2.39. The number of aliphatic hydroxyl groups is 1. The first-order valence-electron chi connectivity index (χ1n) is 8.77. The Labute approximate surface area is 144 Å². The van der Waals surface area contributed by atoms with Crippen LogP contribution in [-0.4, -0.2) is 56.6 Å². The molecule has 4 atom stereocenters. The second-order valence-electron chi connectivity index (χ2n) is 7.01. The minimum Gasteiger partial charge on any atom is -0.493 e. The van der Waals surface area contributed by atoms with Crippen molar-refractivity contribution < 1.29 is 19.3 Å². The molecule has 134 valence electrons. The molecule has 3 rings (SSSR count). The van der Waals surface area contributed by atoms with E-state index in [1.54, 1.807) is 21.3 Å². The van der Waals surface area contributed by atoms with E-state index in [1.807, 2.05) is 0 Å². The summed E-state index contributed by atoms with van der Waals surface area (Å²) in [5.74, 6) is 1.83. The van der Waals surface area contributed by atoms with Crippen LogP contribution in [0, 0.1) is 5.92 Å². The Morgan fingerprint density at radius 2 is 1.92 bits per heavy atom. The monoisotopic (exact) mass is 335 g/mol. The van der Waals surface area contributed by atoms with Crippen LogP contribution < -0.4 is 9.47 Å². The maximum absolute atomic E-state index is 10.7. The summed E-state index contributed by atoms with van der Waals surface area (Å²) in [6.45, 7) is 4.02. The van der Waals surface area contributed by atoms with E-state index >= 15 is 0 Å². The molecule has 1 aromatic rings. The lowest BCUT2D eigenvalue weighted by molar-refractivity contribution is -0.0334. The van der Waals surface area contributed by atoms with Crippen molar-refractivity contribution in [2.24, 2.45) is 5.92 Å². The predicted octanol–water partition coefficient (Wildman–Crippen LogP) is 2.41. The van der Waals surface area contributed by atoms with Crippen LogP contribution in [0.3, 0.4) is 0 Å². The third kappa shape index (κ3) is 3.25. The highest BCUT2D eigenvalue weighted by Crippen LogP contribution is 2.43. The minimum absolute atomic E-state index is 0.183. The predicted molar refractivity (Wildman–Crippen MR) is 92.8 cm³/mol. The van der Waals surface area contributed by atoms with Gasteiger partial charge in [-0.25, -0.2) is 0 Å². The van der Waals surface area contributed by atoms with Crippen LogP contribution in [0.25, 0.3) is 0 Å². The second kappa shape index (κ2) is 7.30. The topological polar surface area (TPSA) is 51.2 Å². The zero-order chi connectivity index (χ0) is 17.3. The maximum atomic E-state index is 10.7. The summed E-state index contributed by atoms with van der Waals surface area (Å²) in [5.41, 5.74) is 2.58. The highest BCUT2D eigenvalue weighted by atomic mass is 16.5. The van der Waals surface area contributed by atoms with E-state index in [-0.39, 0.29) is 24.2 Å². The molecule has 5 nitrogen and oxygen atoms in total. The fourth-order valence-electron chi connectivity index (χ4n) is 4.17. The standard InChI is InChI=1S/C19H29NO4/c1-12(22-2)7-14-11-20-6-5-13-8-18(23-3)19(24-4)9-15(13)16(20)10-17(14)21/h8-9,12,14,16-17,21H,5-7,10-11H2,1-4H3. The van der Waals surface area contributed by atoms with E-state index in [1.165, 1.54) is 11.1 Å². The third-order valence-electron chi connectivity index (χ3n) is 5.63. The van der Waals surface area contributed by atoms with E-state index < -0.39 is 0 Å². The normalized spacial score (nSPS) is 28.0. The van der Waals surface area contributed by atoms with Gasteiger partial charge in [0.1, 0.15) is 0 Å². The first-order chi connectivity index (χ1) is 11.6. The molecule has 0 bridgehead atoms. The number of hydrogen-bond donors (Lipinski definition) is 1. The highest BCUT2D eigenvalue weighted by molar-refractivity contribution is 5.49. The number of nitrogens with zero attached hydrogens (tertiary/aromatic N) is 1. The van der Waals surface area contributed by atoms with Crippen molar-refractivity contribution in [1.29, 1.82) is 0 Å². The lowest BCUT2D eigenvalue weighted by Gasteiger charge is -2.46. The molecule has 24 heavy (non-hydrogen) atoms. The third-order valence-corrected chi connectivity index (χ3v) is 5.63. The van der Waals surface area contributed by atoms with Gasteiger partial charge in [0.25, 0.3) is 0 Å². The largest absolute Gasteiger partial charge is 0.493 e. The van der Waals surface area contributed by atoms with Crippen molar-refractivity contribution in [2.75, 3.05) is 34.4 Å². The fraction of sp³-hybridized carbons (Fsp3) is 0.684. The molecule has 0 aliphatic carbocycles. The zero-order valence-corrected chi connectivity index (χ0v) is 15.1. The Kier molecular flexibility index (Phi) is 5.33. The summed E-state index contributed by atoms with van der Waals surface area (Å²) in [4.78, 5) is 2.51. The number of ether oxygens (including phenoxy) is 3. The zero-order valence-electron chi connectivity index (χ0n) is 15.1. The van der Waals surface area contributed by atoms with Crippen molar-refractivity contribution in [3.8, 4) is 11.5 Å². The van der Waals surface area contributed by atoms with E-state index in [2.05, 4.69) is 24.0 Å². The van der Waals surface area contributed by atoms with Gasteiger partial charge in [-0.15, -0.1) is 0 Å². The summed E-state index contributed by atoms with van der Waals surface area (Å²) >= 11 is 0. The molecule has 2 heterocycles. The van der Waals surface area contributed by atoms with E-state index in [0.717, 1.165) is 43.9 Å². The van der Waals surface area contributed by atoms with Gasteiger partial charge in [0.15, 0.2) is 11.5 Å². The Hall–Kier alpha value is -1.30. The second-order valence-corrected chi connectivity index (χ2v) is 7.01. The molecule has 2 aliphatic rings. The number of methoxy groups -OCH3 is 3. The van der Waals surface area contributed by atoms with Crippen LogP contribution in [0.5, 0.6) is 11.5 Å². The van der Waals surface area contributed by atoms with Crippen molar-refractivity contribution in [3.63, 3.8) is 0 Å². The maximum Gasteiger partial charge on any atom is 0.161 e. The average Bonchev–Trinajstić information content (AvgIpc) is 2.60. The first-order valence-corrected chi connectivity index (χ1v) is 8.77. The van der Waals surface area contributed by atoms with Gasteiger partial charge >= 0.3 is 0 Å². The quantitative estimate of drug-likeness (QED) is 0.895. The molecule has 5 heteroatoms. The molecule has 0 saturated carbocycles. The molecule has 4 unspecified atom stereocenters. The average molecular weight is 335 g/mol. The van der Waals surface area contributed by atoms with Crippen LogP contribution in [0.2, 0.25) is 0 Å². The Morgan fingerprint density at radius 3 is 2.58 bits per heavy atom. The van der Waals surface area contributed by atoms with Gasteiger partial charge < -0.3 is 19.3 Å². The Bertz CT molecular complexity index is 577. The molecule has 1 aromatic carbocycles. The number of piperidine rings is 1. The Balaban J connectivity index is 1.83. The number of fused-ring (bicyclic) bond motifs is 3. The molecule has 0 amide bonds. The van der Waals surface area contributed by atoms with Gasteiger partial charge in [-0.3, -0.25) is 4.90 Å². The van der Waals surface area contributed by atoms with Gasteiger partial charge in [0, 0.05) is 32.2 Å². The fourth-order valence-corrected chi connectivity index (χ4v) is 4.17. The SMILES string of the molecule is COc1cc2c(cc1OC)C1CC(O)C(CC(C)OC)CN1CC2. The van der Waals surface area contributed by atoms with Crippen LogP contribution in [0.15, 0.2) is 12.1 Å². The summed E-state index contributed by atoms with van der Waals surface area (Å²) < 4.78 is 16.3. The molecule has 2 aliphatic heterocycles. The van der Waals surface area contributed by atoms with Crippen LogP contribution in [0.1, 0.15) is 36.9 Å². The molecule has 1 N–H and O–H groups in total. The summed E-state index contributed by atoms with van der Waals surface area (Å²) in [5, 5.41) is 10.7. The minimum atomic E-state index is -0.289. The number of aliphatic hydroxyl groups excluding tert-OH is 1. The molecule has 0 aromatic heterocycles. The van der Waals surface area contributed by atoms with Crippen LogP contribution in [0.4, 0.5) is 0 Å². The van der Waals surface area contributed by atoms with Crippen LogP contribution >= 0.6 is 0 Å².